The van der Waals surface area contributed by atoms with E-state index in [4.69, 9.17) is 27.9 Å². The molecular formula is C20H24Cl2N2O3S. The van der Waals surface area contributed by atoms with Gasteiger partial charge in [-0.05, 0) is 54.9 Å². The molecule has 1 N–H and O–H groups in total. The first-order valence-electron chi connectivity index (χ1n) is 9.15. The molecule has 2 aromatic carbocycles. The summed E-state index contributed by atoms with van der Waals surface area (Å²) >= 11 is 12.7. The van der Waals surface area contributed by atoms with Gasteiger partial charge in [0.2, 0.25) is 10.0 Å². The summed E-state index contributed by atoms with van der Waals surface area (Å²) in [6.07, 6.45) is 0. The van der Waals surface area contributed by atoms with Gasteiger partial charge in [0.1, 0.15) is 0 Å². The van der Waals surface area contributed by atoms with Gasteiger partial charge in [-0.15, -0.1) is 0 Å². The largest absolute Gasteiger partial charge is 0.380 e. The molecule has 0 aliphatic carbocycles. The first-order chi connectivity index (χ1) is 13.3. The summed E-state index contributed by atoms with van der Waals surface area (Å²) in [7, 11) is -1.58. The molecule has 1 heterocycles. The van der Waals surface area contributed by atoms with E-state index >= 15 is 0 Å². The van der Waals surface area contributed by atoms with Crippen molar-refractivity contribution >= 4 is 33.2 Å². The summed E-state index contributed by atoms with van der Waals surface area (Å²) in [6.45, 7) is 4.49. The Hall–Kier alpha value is -1.15. The first kappa shape index (κ1) is 21.6. The second kappa shape index (κ2) is 9.11. The highest BCUT2D eigenvalue weighted by Gasteiger charge is 2.28. The Balaban J connectivity index is 1.93. The van der Waals surface area contributed by atoms with E-state index in [-0.39, 0.29) is 17.4 Å². The second-order valence-corrected chi connectivity index (χ2v) is 9.48. The number of halogens is 2. The highest BCUT2D eigenvalue weighted by Crippen LogP contribution is 2.38. The van der Waals surface area contributed by atoms with E-state index in [9.17, 15) is 8.42 Å². The molecule has 0 saturated heterocycles. The molecule has 28 heavy (non-hydrogen) atoms. The highest BCUT2D eigenvalue weighted by atomic mass is 35.5. The van der Waals surface area contributed by atoms with Crippen molar-refractivity contribution in [2.75, 3.05) is 33.4 Å². The number of likely N-dealkylation sites (N-methyl/N-ethyl adjacent to an activating group) is 1. The maximum absolute atomic E-state index is 12.6. The van der Waals surface area contributed by atoms with Crippen LogP contribution in [0.5, 0.6) is 0 Å². The van der Waals surface area contributed by atoms with Gasteiger partial charge < -0.3 is 9.64 Å². The molecule has 8 heteroatoms. The smallest absolute Gasteiger partial charge is 0.240 e. The molecule has 0 unspecified atom stereocenters. The van der Waals surface area contributed by atoms with Crippen molar-refractivity contribution in [2.45, 2.75) is 24.3 Å². The van der Waals surface area contributed by atoms with Gasteiger partial charge in [-0.3, -0.25) is 0 Å². The zero-order valence-corrected chi connectivity index (χ0v) is 18.2. The number of ether oxygens (including phenoxy) is 1. The van der Waals surface area contributed by atoms with Crippen LogP contribution in [-0.2, 0) is 21.3 Å². The van der Waals surface area contributed by atoms with Crippen LogP contribution in [0.25, 0.3) is 0 Å². The van der Waals surface area contributed by atoms with Gasteiger partial charge in [-0.2, -0.15) is 0 Å². The molecule has 0 spiro atoms. The lowest BCUT2D eigenvalue weighted by molar-refractivity contribution is 0.153. The molecule has 0 amide bonds. The summed E-state index contributed by atoms with van der Waals surface area (Å²) in [5.74, 6) is -0.0106. The molecule has 0 radical (unpaired) electrons. The van der Waals surface area contributed by atoms with Crippen LogP contribution in [0, 0.1) is 0 Å². The molecule has 2 aromatic rings. The Morgan fingerprint density at radius 2 is 2.04 bits per heavy atom. The van der Waals surface area contributed by atoms with Crippen molar-refractivity contribution in [3.8, 4) is 0 Å². The average Bonchev–Trinajstić information content (AvgIpc) is 2.65. The Morgan fingerprint density at radius 1 is 1.25 bits per heavy atom. The second-order valence-electron chi connectivity index (χ2n) is 6.87. The highest BCUT2D eigenvalue weighted by molar-refractivity contribution is 7.89. The van der Waals surface area contributed by atoms with Gasteiger partial charge in [-0.1, -0.05) is 35.3 Å². The van der Waals surface area contributed by atoms with Gasteiger partial charge in [0.15, 0.2) is 0 Å². The van der Waals surface area contributed by atoms with Crippen LogP contribution in [0.3, 0.4) is 0 Å². The standard InChI is InChI=1S/C20H24Cl2N2O3S/c1-3-27-8-7-23-28(25,26)16-6-4-5-14(9-16)18-12-24(2)13-19-17(18)10-15(21)11-20(19)22/h4-6,9-11,18,23H,3,7-8,12-13H2,1-2H3/t18-/m0/s1. The summed E-state index contributed by atoms with van der Waals surface area (Å²) in [5, 5.41) is 1.22. The zero-order valence-electron chi connectivity index (χ0n) is 15.9. The number of rotatable bonds is 7. The predicted octanol–water partition coefficient (Wildman–Crippen LogP) is 3.89. The van der Waals surface area contributed by atoms with E-state index in [1.807, 2.05) is 26.1 Å². The van der Waals surface area contributed by atoms with Crippen LogP contribution in [-0.4, -0.2) is 46.7 Å². The maximum atomic E-state index is 12.6. The van der Waals surface area contributed by atoms with E-state index in [2.05, 4.69) is 9.62 Å². The zero-order chi connectivity index (χ0) is 20.3. The van der Waals surface area contributed by atoms with Crippen LogP contribution in [0.15, 0.2) is 41.3 Å². The van der Waals surface area contributed by atoms with Gasteiger partial charge in [0.05, 0.1) is 11.5 Å². The van der Waals surface area contributed by atoms with Crippen LogP contribution >= 0.6 is 23.2 Å². The van der Waals surface area contributed by atoms with Crippen LogP contribution in [0.4, 0.5) is 0 Å². The lowest BCUT2D eigenvalue weighted by atomic mass is 9.85. The molecular weight excluding hydrogens is 419 g/mol. The Kier molecular flexibility index (Phi) is 7.02. The van der Waals surface area contributed by atoms with Crippen LogP contribution in [0.1, 0.15) is 29.5 Å². The number of nitrogens with one attached hydrogen (secondary N) is 1. The van der Waals surface area contributed by atoms with Crippen molar-refractivity contribution in [3.63, 3.8) is 0 Å². The van der Waals surface area contributed by atoms with E-state index in [0.29, 0.717) is 23.3 Å². The first-order valence-corrected chi connectivity index (χ1v) is 11.4. The summed E-state index contributed by atoms with van der Waals surface area (Å²) < 4.78 is 33.0. The molecule has 3 rings (SSSR count). The number of fused-ring (bicyclic) bond motifs is 1. The van der Waals surface area contributed by atoms with E-state index in [1.54, 1.807) is 24.3 Å². The minimum atomic E-state index is -3.60. The number of sulfonamides is 1. The van der Waals surface area contributed by atoms with Crippen LogP contribution < -0.4 is 4.72 Å². The molecule has 5 nitrogen and oxygen atoms in total. The van der Waals surface area contributed by atoms with Gasteiger partial charge in [0.25, 0.3) is 0 Å². The molecule has 1 atom stereocenters. The summed E-state index contributed by atoms with van der Waals surface area (Å²) in [5.41, 5.74) is 3.00. The molecule has 1 aliphatic heterocycles. The molecule has 0 fully saturated rings. The third-order valence-corrected chi connectivity index (χ3v) is 6.82. The minimum absolute atomic E-state index is 0.0106. The van der Waals surface area contributed by atoms with Crippen molar-refractivity contribution in [1.82, 2.24) is 9.62 Å². The Bertz CT molecular complexity index is 950. The van der Waals surface area contributed by atoms with Crippen molar-refractivity contribution < 1.29 is 13.2 Å². The average molecular weight is 443 g/mol. The monoisotopic (exact) mass is 442 g/mol. The third kappa shape index (κ3) is 4.87. The fourth-order valence-electron chi connectivity index (χ4n) is 3.50. The number of hydrogen-bond acceptors (Lipinski definition) is 4. The SMILES string of the molecule is CCOCCNS(=O)(=O)c1cccc([C@@H]2CN(C)Cc3c(Cl)cc(Cl)cc32)c1. The molecule has 152 valence electrons. The topological polar surface area (TPSA) is 58.6 Å². The van der Waals surface area contributed by atoms with Gasteiger partial charge >= 0.3 is 0 Å². The normalized spacial score (nSPS) is 17.5. The van der Waals surface area contributed by atoms with Crippen molar-refractivity contribution in [3.05, 3.63) is 63.1 Å². The molecule has 1 aliphatic rings. The Morgan fingerprint density at radius 3 is 2.79 bits per heavy atom. The number of nitrogens with zero attached hydrogens (tertiary/aromatic N) is 1. The maximum Gasteiger partial charge on any atom is 0.240 e. The number of benzene rings is 2. The molecule has 0 saturated carbocycles. The van der Waals surface area contributed by atoms with Gasteiger partial charge in [-0.25, -0.2) is 13.1 Å². The van der Waals surface area contributed by atoms with Gasteiger partial charge in [0, 0.05) is 42.2 Å². The van der Waals surface area contributed by atoms with E-state index in [1.165, 1.54) is 0 Å². The fraction of sp³-hybridized carbons (Fsp3) is 0.400. The molecule has 0 bridgehead atoms. The summed E-state index contributed by atoms with van der Waals surface area (Å²) in [6, 6.07) is 10.7. The lowest BCUT2D eigenvalue weighted by Gasteiger charge is -2.33. The van der Waals surface area contributed by atoms with E-state index < -0.39 is 10.0 Å². The third-order valence-electron chi connectivity index (χ3n) is 4.81. The quantitative estimate of drug-likeness (QED) is 0.660. The van der Waals surface area contributed by atoms with Crippen LogP contribution in [0.2, 0.25) is 10.0 Å². The fourth-order valence-corrected chi connectivity index (χ4v) is 5.14. The minimum Gasteiger partial charge on any atom is -0.380 e. The number of hydrogen-bond donors (Lipinski definition) is 1. The van der Waals surface area contributed by atoms with E-state index in [0.717, 1.165) is 29.8 Å². The van der Waals surface area contributed by atoms with Crippen molar-refractivity contribution in [2.24, 2.45) is 0 Å². The lowest BCUT2D eigenvalue weighted by Crippen LogP contribution is -2.31. The summed E-state index contributed by atoms with van der Waals surface area (Å²) in [4.78, 5) is 2.42. The van der Waals surface area contributed by atoms with Crippen molar-refractivity contribution in [1.29, 1.82) is 0 Å². The Labute approximate surface area is 176 Å². The predicted molar refractivity (Wildman–Crippen MR) is 113 cm³/mol. The molecule has 0 aromatic heterocycles.